The minimum absolute atomic E-state index is 0.0171. The van der Waals surface area contributed by atoms with Gasteiger partial charge in [-0.15, -0.1) is 11.3 Å². The molecule has 9 nitrogen and oxygen atoms in total. The molecule has 1 saturated heterocycles. The Bertz CT molecular complexity index is 1580. The Labute approximate surface area is 211 Å². The quantitative estimate of drug-likeness (QED) is 0.324. The van der Waals surface area contributed by atoms with Crippen LogP contribution in [0.25, 0.3) is 27.1 Å². The predicted octanol–water partition coefficient (Wildman–Crippen LogP) is 4.64. The monoisotopic (exact) mass is 501 g/mol. The fourth-order valence-electron chi connectivity index (χ4n) is 4.75. The van der Waals surface area contributed by atoms with Crippen molar-refractivity contribution < 1.29 is 4.74 Å². The van der Waals surface area contributed by atoms with Crippen LogP contribution in [0.5, 0.6) is 0 Å². The minimum atomic E-state index is -0.0250. The van der Waals surface area contributed by atoms with Crippen molar-refractivity contribution in [3.63, 3.8) is 0 Å². The van der Waals surface area contributed by atoms with Gasteiger partial charge in [-0.1, -0.05) is 12.1 Å². The number of benzene rings is 1. The van der Waals surface area contributed by atoms with E-state index in [1.165, 1.54) is 11.3 Å². The summed E-state index contributed by atoms with van der Waals surface area (Å²) in [4.78, 5) is 31.6. The van der Waals surface area contributed by atoms with Gasteiger partial charge in [0.1, 0.15) is 23.1 Å². The van der Waals surface area contributed by atoms with Crippen LogP contribution >= 0.6 is 11.3 Å². The van der Waals surface area contributed by atoms with E-state index in [0.717, 1.165) is 66.0 Å². The van der Waals surface area contributed by atoms with E-state index in [4.69, 9.17) is 9.72 Å². The number of hydrogen-bond donors (Lipinski definition) is 1. The zero-order valence-corrected chi connectivity index (χ0v) is 20.9. The van der Waals surface area contributed by atoms with Gasteiger partial charge in [0.15, 0.2) is 17.0 Å². The van der Waals surface area contributed by atoms with Crippen LogP contribution in [0.2, 0.25) is 0 Å². The molecule has 0 aliphatic carbocycles. The summed E-state index contributed by atoms with van der Waals surface area (Å²) in [5.41, 5.74) is 4.20. The second kappa shape index (κ2) is 9.79. The molecule has 0 spiro atoms. The van der Waals surface area contributed by atoms with Crippen LogP contribution in [0.4, 0.5) is 5.82 Å². The highest BCUT2D eigenvalue weighted by Gasteiger charge is 2.20. The molecule has 1 fully saturated rings. The third-order valence-electron chi connectivity index (χ3n) is 6.50. The van der Waals surface area contributed by atoms with Gasteiger partial charge in [0.05, 0.1) is 17.5 Å². The topological polar surface area (TPSA) is 99.8 Å². The Balaban J connectivity index is 1.21. The van der Waals surface area contributed by atoms with E-state index in [0.29, 0.717) is 23.5 Å². The van der Waals surface area contributed by atoms with E-state index in [1.807, 2.05) is 47.2 Å². The lowest BCUT2D eigenvalue weighted by molar-refractivity contribution is -0.0298. The number of aromatic nitrogens is 6. The summed E-state index contributed by atoms with van der Waals surface area (Å²) in [6.45, 7) is 3.45. The van der Waals surface area contributed by atoms with Crippen molar-refractivity contribution in [2.75, 3.05) is 18.5 Å². The van der Waals surface area contributed by atoms with Gasteiger partial charge in [0.2, 0.25) is 0 Å². The Morgan fingerprint density at radius 2 is 2.14 bits per heavy atom. The number of nitrogens with one attached hydrogen (secondary N) is 1. The van der Waals surface area contributed by atoms with E-state index >= 15 is 0 Å². The third-order valence-corrected chi connectivity index (χ3v) is 7.40. The maximum atomic E-state index is 13.3. The number of hydrogen-bond acceptors (Lipinski definition) is 8. The lowest BCUT2D eigenvalue weighted by atomic mass is 10.2. The number of thiophene rings is 1. The zero-order chi connectivity index (χ0) is 24.5. The maximum Gasteiger partial charge on any atom is 0.276 e. The highest BCUT2D eigenvalue weighted by atomic mass is 32.1. The van der Waals surface area contributed by atoms with Gasteiger partial charge in [0.25, 0.3) is 5.56 Å². The van der Waals surface area contributed by atoms with E-state index in [1.54, 1.807) is 17.2 Å². The van der Waals surface area contributed by atoms with Crippen LogP contribution in [0.1, 0.15) is 43.3 Å². The predicted molar refractivity (Wildman–Crippen MR) is 141 cm³/mol. The van der Waals surface area contributed by atoms with Crippen molar-refractivity contribution >= 4 is 38.5 Å². The first-order chi connectivity index (χ1) is 17.7. The molecule has 4 aromatic heterocycles. The summed E-state index contributed by atoms with van der Waals surface area (Å²) in [6, 6.07) is 9.89. The van der Waals surface area contributed by atoms with Gasteiger partial charge in [-0.2, -0.15) is 0 Å². The molecule has 184 valence electrons. The molecule has 0 saturated carbocycles. The second-order valence-electron chi connectivity index (χ2n) is 9.04. The molecule has 0 bridgehead atoms. The average Bonchev–Trinajstić information content (AvgIpc) is 3.55. The van der Waals surface area contributed by atoms with Crippen molar-refractivity contribution in [1.29, 1.82) is 0 Å². The number of anilines is 1. The largest absolute Gasteiger partial charge is 0.368 e. The minimum Gasteiger partial charge on any atom is -0.368 e. The smallest absolute Gasteiger partial charge is 0.276 e. The molecule has 6 rings (SSSR count). The molecule has 1 aliphatic heterocycles. The van der Waals surface area contributed by atoms with Crippen molar-refractivity contribution in [3.8, 4) is 5.69 Å². The third kappa shape index (κ3) is 4.27. The van der Waals surface area contributed by atoms with Crippen LogP contribution in [0, 0.1) is 6.92 Å². The Morgan fingerprint density at radius 3 is 3.00 bits per heavy atom. The molecule has 1 unspecified atom stereocenters. The fraction of sp³-hybridized carbons (Fsp3) is 0.346. The van der Waals surface area contributed by atoms with Crippen molar-refractivity contribution in [3.05, 3.63) is 70.1 Å². The summed E-state index contributed by atoms with van der Waals surface area (Å²) >= 11 is 1.43. The SMILES string of the molecule is Cc1cccc(-n2c(CCCNc3ncnc4c3ncn4C3CCCCO3)nc3ccsc3c2=O)c1. The first kappa shape index (κ1) is 22.8. The molecular weight excluding hydrogens is 474 g/mol. The highest BCUT2D eigenvalue weighted by molar-refractivity contribution is 7.17. The summed E-state index contributed by atoms with van der Waals surface area (Å²) in [6.07, 6.45) is 7.93. The summed E-state index contributed by atoms with van der Waals surface area (Å²) in [7, 11) is 0. The van der Waals surface area contributed by atoms with Crippen molar-refractivity contribution in [2.24, 2.45) is 0 Å². The summed E-state index contributed by atoms with van der Waals surface area (Å²) < 4.78 is 10.3. The second-order valence-corrected chi connectivity index (χ2v) is 9.96. The fourth-order valence-corrected chi connectivity index (χ4v) is 5.51. The van der Waals surface area contributed by atoms with Gasteiger partial charge in [-0.05, 0) is 61.7 Å². The van der Waals surface area contributed by atoms with E-state index in [-0.39, 0.29) is 11.8 Å². The van der Waals surface area contributed by atoms with Gasteiger partial charge in [-0.25, -0.2) is 19.9 Å². The number of ether oxygens (including phenoxy) is 1. The summed E-state index contributed by atoms with van der Waals surface area (Å²) in [5, 5.41) is 5.33. The van der Waals surface area contributed by atoms with Crippen LogP contribution in [0.15, 0.2) is 53.2 Å². The van der Waals surface area contributed by atoms with Crippen LogP contribution in [-0.4, -0.2) is 42.2 Å². The number of fused-ring (bicyclic) bond motifs is 2. The molecule has 10 heteroatoms. The Morgan fingerprint density at radius 1 is 1.19 bits per heavy atom. The molecule has 1 aliphatic rings. The van der Waals surface area contributed by atoms with Gasteiger partial charge >= 0.3 is 0 Å². The Hall–Kier alpha value is -3.63. The van der Waals surface area contributed by atoms with E-state index in [2.05, 4.69) is 20.3 Å². The van der Waals surface area contributed by atoms with Gasteiger partial charge in [0, 0.05) is 19.6 Å². The Kier molecular flexibility index (Phi) is 6.20. The first-order valence-corrected chi connectivity index (χ1v) is 13.2. The van der Waals surface area contributed by atoms with Crippen LogP contribution < -0.4 is 10.9 Å². The first-order valence-electron chi connectivity index (χ1n) is 12.3. The van der Waals surface area contributed by atoms with Crippen LogP contribution in [0.3, 0.4) is 0 Å². The molecule has 1 N–H and O–H groups in total. The normalized spacial score (nSPS) is 16.1. The number of aryl methyl sites for hydroxylation is 2. The average molecular weight is 502 g/mol. The van der Waals surface area contributed by atoms with Gasteiger partial charge in [-0.3, -0.25) is 13.9 Å². The van der Waals surface area contributed by atoms with E-state index in [9.17, 15) is 4.79 Å². The number of imidazole rings is 1. The van der Waals surface area contributed by atoms with Crippen LogP contribution in [-0.2, 0) is 11.2 Å². The van der Waals surface area contributed by atoms with Gasteiger partial charge < -0.3 is 10.1 Å². The highest BCUT2D eigenvalue weighted by Crippen LogP contribution is 2.27. The van der Waals surface area contributed by atoms with Crippen molar-refractivity contribution in [1.82, 2.24) is 29.1 Å². The molecule has 0 radical (unpaired) electrons. The molecule has 1 aromatic carbocycles. The molecule has 1 atom stereocenters. The molecular formula is C26H27N7O2S. The van der Waals surface area contributed by atoms with Crippen molar-refractivity contribution in [2.45, 2.75) is 45.3 Å². The van der Waals surface area contributed by atoms with E-state index < -0.39 is 0 Å². The maximum absolute atomic E-state index is 13.3. The number of rotatable bonds is 7. The molecule has 5 aromatic rings. The molecule has 36 heavy (non-hydrogen) atoms. The molecule has 5 heterocycles. The standard InChI is InChI=1S/C26H27N7O2S/c1-17-6-4-7-18(14-17)33-20(31-19-10-13-36-23(19)26(33)34)8-5-11-27-24-22-25(29-15-28-24)32(16-30-22)21-9-2-3-12-35-21/h4,6-7,10,13-16,21H,2-3,5,8-9,11-12H2,1H3,(H,27,28,29). The zero-order valence-electron chi connectivity index (χ0n) is 20.1. The lowest BCUT2D eigenvalue weighted by Gasteiger charge is -2.23. The molecule has 0 amide bonds. The lowest BCUT2D eigenvalue weighted by Crippen LogP contribution is -2.23. The summed E-state index contributed by atoms with van der Waals surface area (Å²) in [5.74, 6) is 1.46. The number of nitrogens with zero attached hydrogens (tertiary/aromatic N) is 6.